The van der Waals surface area contributed by atoms with Crippen LogP contribution in [0.3, 0.4) is 0 Å². The number of hydrogen-bond acceptors (Lipinski definition) is 5. The summed E-state index contributed by atoms with van der Waals surface area (Å²) in [4.78, 5) is 23.2. The van der Waals surface area contributed by atoms with E-state index in [-0.39, 0.29) is 36.0 Å². The van der Waals surface area contributed by atoms with Crippen molar-refractivity contribution in [2.45, 2.75) is 70.4 Å². The van der Waals surface area contributed by atoms with Crippen molar-refractivity contribution in [3.8, 4) is 0 Å². The number of anilines is 1. The topological polar surface area (TPSA) is 78.8 Å². The van der Waals surface area contributed by atoms with Crippen molar-refractivity contribution >= 4 is 41.7 Å². The Hall–Kier alpha value is -1.58. The fourth-order valence-electron chi connectivity index (χ4n) is 4.04. The summed E-state index contributed by atoms with van der Waals surface area (Å²) >= 11 is 0. The second kappa shape index (κ2) is 13.0. The lowest BCUT2D eigenvalue weighted by molar-refractivity contribution is -0.148. The smallest absolute Gasteiger partial charge is 0.306 e. The molecule has 0 amide bonds. The maximum atomic E-state index is 11.9. The highest BCUT2D eigenvalue weighted by atomic mass is 127. The van der Waals surface area contributed by atoms with Crippen molar-refractivity contribution < 1.29 is 9.53 Å². The van der Waals surface area contributed by atoms with E-state index in [0.29, 0.717) is 19.0 Å². The molecular formula is C22H36IN5O2. The Balaban J connectivity index is 0.00000320. The number of esters is 1. The fourth-order valence-corrected chi connectivity index (χ4v) is 4.04. The van der Waals surface area contributed by atoms with Gasteiger partial charge in [0.15, 0.2) is 5.96 Å². The number of halogens is 1. The molecule has 1 aliphatic heterocycles. The first-order chi connectivity index (χ1) is 14.1. The van der Waals surface area contributed by atoms with Crippen LogP contribution in [0.15, 0.2) is 23.2 Å². The van der Waals surface area contributed by atoms with Crippen molar-refractivity contribution in [1.82, 2.24) is 15.6 Å². The number of ether oxygens (including phenoxy) is 1. The zero-order valence-electron chi connectivity index (χ0n) is 18.2. The Morgan fingerprint density at radius 3 is 2.63 bits per heavy atom. The predicted molar refractivity (Wildman–Crippen MR) is 132 cm³/mol. The number of pyridine rings is 1. The van der Waals surface area contributed by atoms with Crippen molar-refractivity contribution in [2.24, 2.45) is 4.99 Å². The third-order valence-corrected chi connectivity index (χ3v) is 5.71. The molecule has 0 radical (unpaired) electrons. The van der Waals surface area contributed by atoms with Crippen LogP contribution >= 0.6 is 24.0 Å². The maximum absolute atomic E-state index is 11.9. The molecule has 0 unspecified atom stereocenters. The van der Waals surface area contributed by atoms with Gasteiger partial charge in [0, 0.05) is 44.8 Å². The third-order valence-electron chi connectivity index (χ3n) is 5.71. The Labute approximate surface area is 197 Å². The number of nitrogens with zero attached hydrogens (tertiary/aromatic N) is 3. The SMILES string of the molecule is CN=C(NCCCC(=O)OC1CCCC1)NC1CCN(c2cccc(C)n2)CC1.I. The predicted octanol–water partition coefficient (Wildman–Crippen LogP) is 3.41. The molecule has 1 aromatic heterocycles. The molecule has 2 fully saturated rings. The van der Waals surface area contributed by atoms with Gasteiger partial charge in [-0.15, -0.1) is 24.0 Å². The summed E-state index contributed by atoms with van der Waals surface area (Å²) < 4.78 is 5.50. The summed E-state index contributed by atoms with van der Waals surface area (Å²) in [6, 6.07) is 6.58. The number of nitrogens with one attached hydrogen (secondary N) is 2. The Morgan fingerprint density at radius 2 is 1.97 bits per heavy atom. The molecule has 0 spiro atoms. The van der Waals surface area contributed by atoms with Crippen LogP contribution in [0.4, 0.5) is 5.82 Å². The average molecular weight is 529 g/mol. The van der Waals surface area contributed by atoms with Gasteiger partial charge in [-0.2, -0.15) is 0 Å². The Bertz CT molecular complexity index is 686. The molecule has 3 rings (SSSR count). The van der Waals surface area contributed by atoms with Crippen molar-refractivity contribution in [2.75, 3.05) is 31.6 Å². The first-order valence-corrected chi connectivity index (χ1v) is 11.0. The van der Waals surface area contributed by atoms with E-state index in [1.54, 1.807) is 7.05 Å². The lowest BCUT2D eigenvalue weighted by atomic mass is 10.1. The molecule has 30 heavy (non-hydrogen) atoms. The van der Waals surface area contributed by atoms with Crippen LogP contribution in [0.2, 0.25) is 0 Å². The number of aliphatic imine (C=N–C) groups is 1. The van der Waals surface area contributed by atoms with E-state index in [0.717, 1.165) is 62.7 Å². The van der Waals surface area contributed by atoms with Gasteiger partial charge in [0.1, 0.15) is 11.9 Å². The van der Waals surface area contributed by atoms with Gasteiger partial charge >= 0.3 is 5.97 Å². The van der Waals surface area contributed by atoms with E-state index in [1.165, 1.54) is 12.8 Å². The summed E-state index contributed by atoms with van der Waals surface area (Å²) in [5.74, 6) is 1.80. The molecule has 2 heterocycles. The first kappa shape index (κ1) is 24.7. The molecule has 1 aliphatic carbocycles. The zero-order chi connectivity index (χ0) is 20.5. The minimum absolute atomic E-state index is 0. The lowest BCUT2D eigenvalue weighted by Crippen LogP contribution is -2.49. The van der Waals surface area contributed by atoms with Gasteiger partial charge in [-0.25, -0.2) is 4.98 Å². The van der Waals surface area contributed by atoms with E-state index in [9.17, 15) is 4.79 Å². The number of rotatable bonds is 7. The molecule has 1 aromatic rings. The molecular weight excluding hydrogens is 493 g/mol. The molecule has 2 N–H and O–H groups in total. The standard InChI is InChI=1S/C22H35N5O2.HI/c1-17-7-5-10-20(25-17)27-15-12-18(13-16-27)26-22(23-2)24-14-6-11-21(28)29-19-8-3-4-9-19;/h5,7,10,18-19H,3-4,6,8-9,11-16H2,1-2H3,(H2,23,24,26);1H. The van der Waals surface area contributed by atoms with Gasteiger partial charge in [-0.05, 0) is 64.0 Å². The average Bonchev–Trinajstić information content (AvgIpc) is 3.23. The highest BCUT2D eigenvalue weighted by Gasteiger charge is 2.21. The maximum Gasteiger partial charge on any atom is 0.306 e. The van der Waals surface area contributed by atoms with Crippen molar-refractivity contribution in [3.05, 3.63) is 23.9 Å². The van der Waals surface area contributed by atoms with Gasteiger partial charge in [-0.1, -0.05) is 6.07 Å². The van der Waals surface area contributed by atoms with Crippen LogP contribution < -0.4 is 15.5 Å². The lowest BCUT2D eigenvalue weighted by Gasteiger charge is -2.34. The van der Waals surface area contributed by atoms with Crippen molar-refractivity contribution in [1.29, 1.82) is 0 Å². The number of guanidine groups is 1. The van der Waals surface area contributed by atoms with Gasteiger partial charge < -0.3 is 20.3 Å². The van der Waals surface area contributed by atoms with Gasteiger partial charge in [0.2, 0.25) is 0 Å². The third kappa shape index (κ3) is 7.92. The van der Waals surface area contributed by atoms with E-state index < -0.39 is 0 Å². The summed E-state index contributed by atoms with van der Waals surface area (Å²) in [6.07, 6.45) is 7.88. The van der Waals surface area contributed by atoms with Crippen LogP contribution in [0, 0.1) is 6.92 Å². The minimum atomic E-state index is -0.0706. The molecule has 7 nitrogen and oxygen atoms in total. The number of aromatic nitrogens is 1. The van der Waals surface area contributed by atoms with Gasteiger partial charge in [0.25, 0.3) is 0 Å². The second-order valence-corrected chi connectivity index (χ2v) is 8.04. The zero-order valence-corrected chi connectivity index (χ0v) is 20.6. The number of hydrogen-bond donors (Lipinski definition) is 2. The number of carbonyl (C=O) groups excluding carboxylic acids is 1. The minimum Gasteiger partial charge on any atom is -0.462 e. The fraction of sp³-hybridized carbons (Fsp3) is 0.682. The Kier molecular flexibility index (Phi) is 10.7. The summed E-state index contributed by atoms with van der Waals surface area (Å²) in [7, 11) is 1.79. The number of piperidine rings is 1. The number of aryl methyl sites for hydroxylation is 1. The molecule has 0 bridgehead atoms. The molecule has 2 aliphatic rings. The molecule has 168 valence electrons. The second-order valence-electron chi connectivity index (χ2n) is 8.04. The van der Waals surface area contributed by atoms with Crippen LogP contribution in [0.1, 0.15) is 57.1 Å². The van der Waals surface area contributed by atoms with Gasteiger partial charge in [0.05, 0.1) is 0 Å². The van der Waals surface area contributed by atoms with Crippen LogP contribution in [0.25, 0.3) is 0 Å². The van der Waals surface area contributed by atoms with Crippen LogP contribution in [0.5, 0.6) is 0 Å². The van der Waals surface area contributed by atoms with Crippen molar-refractivity contribution in [3.63, 3.8) is 0 Å². The molecule has 8 heteroatoms. The summed E-state index contributed by atoms with van der Waals surface area (Å²) in [5.41, 5.74) is 1.06. The van der Waals surface area contributed by atoms with E-state index in [2.05, 4.69) is 37.6 Å². The monoisotopic (exact) mass is 529 g/mol. The Morgan fingerprint density at radius 1 is 1.23 bits per heavy atom. The van der Waals surface area contributed by atoms with E-state index in [1.807, 2.05) is 13.0 Å². The molecule has 0 aromatic carbocycles. The number of carbonyl (C=O) groups is 1. The molecule has 0 atom stereocenters. The summed E-state index contributed by atoms with van der Waals surface area (Å²) in [6.45, 7) is 4.71. The van der Waals surface area contributed by atoms with E-state index in [4.69, 9.17) is 4.74 Å². The molecule has 1 saturated carbocycles. The van der Waals surface area contributed by atoms with Crippen LogP contribution in [-0.4, -0.2) is 55.7 Å². The molecule has 1 saturated heterocycles. The highest BCUT2D eigenvalue weighted by Crippen LogP contribution is 2.21. The van der Waals surface area contributed by atoms with Gasteiger partial charge in [-0.3, -0.25) is 9.79 Å². The summed E-state index contributed by atoms with van der Waals surface area (Å²) in [5, 5.41) is 6.83. The van der Waals surface area contributed by atoms with Crippen LogP contribution in [-0.2, 0) is 9.53 Å². The normalized spacial score (nSPS) is 18.1. The first-order valence-electron chi connectivity index (χ1n) is 11.0. The van der Waals surface area contributed by atoms with E-state index >= 15 is 0 Å². The largest absolute Gasteiger partial charge is 0.462 e. The quantitative estimate of drug-likeness (QED) is 0.185. The highest BCUT2D eigenvalue weighted by molar-refractivity contribution is 14.0.